The highest BCUT2D eigenvalue weighted by molar-refractivity contribution is 6.30. The average molecular weight is 297 g/mol. The summed E-state index contributed by atoms with van der Waals surface area (Å²) in [5, 5.41) is 14.0. The van der Waals surface area contributed by atoms with Crippen molar-refractivity contribution >= 4 is 34.4 Å². The standard InChI is InChI=1S/C12H10ClFN4O2/c13-7-4-5-9(8(14)6-7)16-10-2-1-3-11(17-15)12(10)18(19)20/h1-6,16-17H,15H2. The third kappa shape index (κ3) is 2.79. The lowest BCUT2D eigenvalue weighted by Crippen LogP contribution is -2.10. The number of rotatable bonds is 4. The largest absolute Gasteiger partial charge is 0.347 e. The summed E-state index contributed by atoms with van der Waals surface area (Å²) in [6.45, 7) is 0. The summed E-state index contributed by atoms with van der Waals surface area (Å²) < 4.78 is 13.7. The molecule has 104 valence electrons. The number of para-hydroxylation sites is 1. The van der Waals surface area contributed by atoms with Gasteiger partial charge in [0.1, 0.15) is 17.2 Å². The number of nitrogens with two attached hydrogens (primary N) is 1. The van der Waals surface area contributed by atoms with Gasteiger partial charge in [-0.15, -0.1) is 0 Å². The molecule has 0 saturated heterocycles. The molecule has 0 fully saturated rings. The van der Waals surface area contributed by atoms with Gasteiger partial charge in [-0.25, -0.2) is 4.39 Å². The van der Waals surface area contributed by atoms with Crippen molar-refractivity contribution in [1.29, 1.82) is 0 Å². The molecular weight excluding hydrogens is 287 g/mol. The van der Waals surface area contributed by atoms with E-state index in [1.54, 1.807) is 6.07 Å². The molecule has 2 rings (SSSR count). The van der Waals surface area contributed by atoms with Crippen LogP contribution in [0, 0.1) is 15.9 Å². The molecule has 0 aliphatic carbocycles. The molecule has 0 spiro atoms. The molecule has 0 aliphatic rings. The molecule has 8 heteroatoms. The molecule has 0 unspecified atom stereocenters. The fourth-order valence-corrected chi connectivity index (χ4v) is 1.85. The Morgan fingerprint density at radius 2 is 1.90 bits per heavy atom. The number of halogens is 2. The van der Waals surface area contributed by atoms with Crippen LogP contribution >= 0.6 is 11.6 Å². The molecule has 0 aromatic heterocycles. The molecule has 0 saturated carbocycles. The SMILES string of the molecule is NNc1cccc(Nc2ccc(Cl)cc2F)c1[N+](=O)[O-]. The van der Waals surface area contributed by atoms with Crippen molar-refractivity contribution in [2.75, 3.05) is 10.7 Å². The zero-order valence-corrected chi connectivity index (χ0v) is 10.8. The van der Waals surface area contributed by atoms with Crippen molar-refractivity contribution in [3.8, 4) is 0 Å². The Labute approximate surface area is 118 Å². The smallest absolute Gasteiger partial charge is 0.316 e. The van der Waals surface area contributed by atoms with Crippen molar-refractivity contribution in [3.63, 3.8) is 0 Å². The van der Waals surface area contributed by atoms with E-state index in [2.05, 4.69) is 10.7 Å². The number of nitro benzene ring substituents is 1. The summed E-state index contributed by atoms with van der Waals surface area (Å²) >= 11 is 5.65. The number of hydrazine groups is 1. The van der Waals surface area contributed by atoms with Crippen LogP contribution < -0.4 is 16.6 Å². The van der Waals surface area contributed by atoms with Crippen LogP contribution in [0.2, 0.25) is 5.02 Å². The summed E-state index contributed by atoms with van der Waals surface area (Å²) in [6, 6.07) is 8.43. The lowest BCUT2D eigenvalue weighted by molar-refractivity contribution is -0.383. The normalized spacial score (nSPS) is 10.2. The van der Waals surface area contributed by atoms with E-state index in [4.69, 9.17) is 17.4 Å². The molecule has 0 atom stereocenters. The van der Waals surface area contributed by atoms with Gasteiger partial charge < -0.3 is 10.7 Å². The van der Waals surface area contributed by atoms with E-state index in [9.17, 15) is 14.5 Å². The number of nitrogens with zero attached hydrogens (tertiary/aromatic N) is 1. The summed E-state index contributed by atoms with van der Waals surface area (Å²) in [5.41, 5.74) is 2.27. The number of anilines is 3. The molecule has 2 aromatic rings. The second kappa shape index (κ2) is 5.72. The van der Waals surface area contributed by atoms with Crippen LogP contribution in [-0.4, -0.2) is 4.92 Å². The molecule has 4 N–H and O–H groups in total. The number of nitro groups is 1. The zero-order valence-electron chi connectivity index (χ0n) is 10.1. The van der Waals surface area contributed by atoms with Crippen LogP contribution in [0.3, 0.4) is 0 Å². The van der Waals surface area contributed by atoms with Gasteiger partial charge in [0.15, 0.2) is 0 Å². The van der Waals surface area contributed by atoms with E-state index in [0.717, 1.165) is 6.07 Å². The Bertz CT molecular complexity index is 666. The van der Waals surface area contributed by atoms with E-state index < -0.39 is 10.7 Å². The molecule has 0 bridgehead atoms. The van der Waals surface area contributed by atoms with E-state index in [0.29, 0.717) is 0 Å². The van der Waals surface area contributed by atoms with E-state index in [-0.39, 0.29) is 27.8 Å². The predicted molar refractivity (Wildman–Crippen MR) is 75.6 cm³/mol. The lowest BCUT2D eigenvalue weighted by Gasteiger charge is -2.10. The Hall–Kier alpha value is -2.38. The van der Waals surface area contributed by atoms with Crippen LogP contribution in [0.1, 0.15) is 0 Å². The fourth-order valence-electron chi connectivity index (χ4n) is 1.69. The molecule has 20 heavy (non-hydrogen) atoms. The van der Waals surface area contributed by atoms with Crippen LogP contribution in [0.5, 0.6) is 0 Å². The molecule has 0 amide bonds. The van der Waals surface area contributed by atoms with Crippen LogP contribution in [0.25, 0.3) is 0 Å². The molecule has 2 aromatic carbocycles. The second-order valence-electron chi connectivity index (χ2n) is 3.85. The minimum atomic E-state index is -0.613. The summed E-state index contributed by atoms with van der Waals surface area (Å²) in [5.74, 6) is 4.61. The van der Waals surface area contributed by atoms with Crippen molar-refractivity contribution in [1.82, 2.24) is 0 Å². The number of nitrogens with one attached hydrogen (secondary N) is 2. The second-order valence-corrected chi connectivity index (χ2v) is 4.29. The van der Waals surface area contributed by atoms with Crippen LogP contribution in [0.4, 0.5) is 27.1 Å². The quantitative estimate of drug-likeness (QED) is 0.456. The van der Waals surface area contributed by atoms with E-state index in [1.807, 2.05) is 0 Å². The molecule has 0 radical (unpaired) electrons. The topological polar surface area (TPSA) is 93.2 Å². The van der Waals surface area contributed by atoms with Crippen molar-refractivity contribution in [3.05, 3.63) is 57.4 Å². The van der Waals surface area contributed by atoms with Gasteiger partial charge in [-0.05, 0) is 30.3 Å². The first-order chi connectivity index (χ1) is 9.52. The van der Waals surface area contributed by atoms with Crippen molar-refractivity contribution < 1.29 is 9.31 Å². The maximum atomic E-state index is 13.7. The first-order valence-corrected chi connectivity index (χ1v) is 5.87. The van der Waals surface area contributed by atoms with Gasteiger partial charge in [0.2, 0.25) is 0 Å². The molecule has 0 heterocycles. The molecule has 0 aliphatic heterocycles. The predicted octanol–water partition coefficient (Wildman–Crippen LogP) is 3.42. The van der Waals surface area contributed by atoms with E-state index >= 15 is 0 Å². The Balaban J connectivity index is 2.45. The highest BCUT2D eigenvalue weighted by Gasteiger charge is 2.20. The molecule has 6 nitrogen and oxygen atoms in total. The minimum absolute atomic E-state index is 0.0756. The lowest BCUT2D eigenvalue weighted by atomic mass is 10.2. The Morgan fingerprint density at radius 3 is 2.50 bits per heavy atom. The number of benzene rings is 2. The Morgan fingerprint density at radius 1 is 1.20 bits per heavy atom. The van der Waals surface area contributed by atoms with Crippen molar-refractivity contribution in [2.45, 2.75) is 0 Å². The summed E-state index contributed by atoms with van der Waals surface area (Å²) in [6.07, 6.45) is 0. The maximum absolute atomic E-state index is 13.7. The van der Waals surface area contributed by atoms with Gasteiger partial charge in [0.25, 0.3) is 0 Å². The monoisotopic (exact) mass is 296 g/mol. The van der Waals surface area contributed by atoms with Gasteiger partial charge in [0, 0.05) is 5.02 Å². The summed E-state index contributed by atoms with van der Waals surface area (Å²) in [7, 11) is 0. The average Bonchev–Trinajstić information content (AvgIpc) is 2.41. The Kier molecular flexibility index (Phi) is 4.02. The first-order valence-electron chi connectivity index (χ1n) is 5.49. The van der Waals surface area contributed by atoms with Crippen LogP contribution in [0.15, 0.2) is 36.4 Å². The third-order valence-corrected chi connectivity index (χ3v) is 2.81. The van der Waals surface area contributed by atoms with Gasteiger partial charge >= 0.3 is 5.69 Å². The van der Waals surface area contributed by atoms with Gasteiger partial charge in [0.05, 0.1) is 10.6 Å². The highest BCUT2D eigenvalue weighted by Crippen LogP contribution is 2.35. The number of hydrogen-bond acceptors (Lipinski definition) is 5. The van der Waals surface area contributed by atoms with E-state index in [1.165, 1.54) is 24.3 Å². The number of hydrogen-bond donors (Lipinski definition) is 3. The first kappa shape index (κ1) is 14.0. The zero-order chi connectivity index (χ0) is 14.7. The van der Waals surface area contributed by atoms with Crippen LogP contribution in [-0.2, 0) is 0 Å². The summed E-state index contributed by atoms with van der Waals surface area (Å²) in [4.78, 5) is 10.5. The third-order valence-electron chi connectivity index (χ3n) is 2.57. The van der Waals surface area contributed by atoms with Gasteiger partial charge in [-0.1, -0.05) is 17.7 Å². The highest BCUT2D eigenvalue weighted by atomic mass is 35.5. The minimum Gasteiger partial charge on any atom is -0.347 e. The fraction of sp³-hybridized carbons (Fsp3) is 0. The number of nitrogen functional groups attached to an aromatic ring is 1. The maximum Gasteiger partial charge on any atom is 0.316 e. The van der Waals surface area contributed by atoms with Crippen molar-refractivity contribution in [2.24, 2.45) is 5.84 Å². The molecular formula is C12H10ClFN4O2. The van der Waals surface area contributed by atoms with Gasteiger partial charge in [-0.3, -0.25) is 16.0 Å². The van der Waals surface area contributed by atoms with Gasteiger partial charge in [-0.2, -0.15) is 0 Å².